The van der Waals surface area contributed by atoms with Crippen molar-refractivity contribution in [2.75, 3.05) is 5.32 Å². The van der Waals surface area contributed by atoms with Crippen molar-refractivity contribution in [2.24, 2.45) is 0 Å². The third-order valence-corrected chi connectivity index (χ3v) is 5.79. The Kier molecular flexibility index (Phi) is 8.39. The van der Waals surface area contributed by atoms with Crippen molar-refractivity contribution in [1.29, 1.82) is 0 Å². The number of aryl methyl sites for hydroxylation is 2. The standard InChI is InChI=1S/C27H26N2O2.ClHO4/c1-5-19-9-8-12-20(17(2)3)23(19)28-24-25(29-15-13-18(4)14-16-29)27(31)22-11-7-6-10-21(22)26(24)30;2-1(3,4)5/h6-17H,5H2,1-4H3;(H,2,3,4,5). The second-order valence-electron chi connectivity index (χ2n) is 8.60. The number of benzene rings is 2. The minimum absolute atomic E-state index is 0.161. The smallest absolute Gasteiger partial charge is 0.286 e. The summed E-state index contributed by atoms with van der Waals surface area (Å²) in [6.45, 7) is 8.35. The van der Waals surface area contributed by atoms with Gasteiger partial charge in [-0.1, -0.05) is 63.2 Å². The van der Waals surface area contributed by atoms with E-state index in [1.165, 1.54) is 0 Å². The molecule has 1 aromatic heterocycles. The minimum atomic E-state index is -4.94. The number of nitrogens with one attached hydrogen (secondary N) is 1. The van der Waals surface area contributed by atoms with Gasteiger partial charge in [-0.05, 0) is 36.0 Å². The number of carbonyl (C=O) groups is 2. The summed E-state index contributed by atoms with van der Waals surface area (Å²) in [6, 6.07) is 17.1. The van der Waals surface area contributed by atoms with Crippen molar-refractivity contribution in [1.82, 2.24) is 0 Å². The predicted molar refractivity (Wildman–Crippen MR) is 123 cm³/mol. The Morgan fingerprint density at radius 3 is 1.94 bits per heavy atom. The zero-order valence-corrected chi connectivity index (χ0v) is 21.2. The number of pyridine rings is 1. The van der Waals surface area contributed by atoms with Gasteiger partial charge >= 0.3 is 0 Å². The molecule has 0 aliphatic heterocycles. The van der Waals surface area contributed by atoms with Crippen LogP contribution >= 0.6 is 0 Å². The summed E-state index contributed by atoms with van der Waals surface area (Å²) < 4.78 is 35.7. The summed E-state index contributed by atoms with van der Waals surface area (Å²) in [4.78, 5) is 27.2. The van der Waals surface area contributed by atoms with Crippen molar-refractivity contribution in [3.63, 3.8) is 0 Å². The van der Waals surface area contributed by atoms with Crippen LogP contribution in [0.3, 0.4) is 0 Å². The van der Waals surface area contributed by atoms with E-state index < -0.39 is 10.2 Å². The van der Waals surface area contributed by atoms with Crippen molar-refractivity contribution in [2.45, 2.75) is 40.0 Å². The van der Waals surface area contributed by atoms with Gasteiger partial charge in [0.05, 0.1) is 0 Å². The van der Waals surface area contributed by atoms with E-state index in [4.69, 9.17) is 18.6 Å². The summed E-state index contributed by atoms with van der Waals surface area (Å²) in [5.41, 5.74) is 5.79. The van der Waals surface area contributed by atoms with E-state index in [0.29, 0.717) is 22.5 Å². The number of ketones is 2. The van der Waals surface area contributed by atoms with Crippen molar-refractivity contribution >= 4 is 23.0 Å². The number of allylic oxidation sites excluding steroid dienone is 2. The quantitative estimate of drug-likeness (QED) is 0.494. The zero-order valence-electron chi connectivity index (χ0n) is 20.4. The highest BCUT2D eigenvalue weighted by Crippen LogP contribution is 2.33. The molecule has 4 rings (SSSR count). The molecule has 1 aliphatic rings. The molecule has 36 heavy (non-hydrogen) atoms. The molecule has 1 aliphatic carbocycles. The van der Waals surface area contributed by atoms with Gasteiger partial charge in [0.2, 0.25) is 5.78 Å². The molecule has 188 valence electrons. The van der Waals surface area contributed by atoms with Crippen LogP contribution in [0.4, 0.5) is 5.69 Å². The number of nitrogens with zero attached hydrogens (tertiary/aromatic N) is 1. The molecule has 0 atom stereocenters. The fourth-order valence-corrected chi connectivity index (χ4v) is 4.05. The normalized spacial score (nSPS) is 13.4. The van der Waals surface area contributed by atoms with Gasteiger partial charge in [0, 0.05) is 28.9 Å². The molecule has 1 N–H and O–H groups in total. The third kappa shape index (κ3) is 6.23. The molecule has 0 bridgehead atoms. The van der Waals surface area contributed by atoms with Crippen molar-refractivity contribution < 1.29 is 43.0 Å². The van der Waals surface area contributed by atoms with Gasteiger partial charge in [-0.2, -0.15) is 4.57 Å². The SMILES string of the molecule is CCc1cccc(C(C)C)c1NC1=C([n+]2ccc(C)cc2)C(=O)c2ccccc2C1=O.[O-][Cl+3]([O-])([O-])[O-]. The van der Waals surface area contributed by atoms with Crippen LogP contribution in [0.1, 0.15) is 64.1 Å². The lowest BCUT2D eigenvalue weighted by atomic mass is 9.89. The van der Waals surface area contributed by atoms with Crippen LogP contribution in [0.25, 0.3) is 5.70 Å². The average Bonchev–Trinajstić information content (AvgIpc) is 2.82. The second-order valence-corrected chi connectivity index (χ2v) is 9.36. The van der Waals surface area contributed by atoms with Crippen LogP contribution in [-0.4, -0.2) is 11.6 Å². The topological polar surface area (TPSA) is 142 Å². The van der Waals surface area contributed by atoms with Gasteiger partial charge in [-0.3, -0.25) is 9.59 Å². The molecule has 0 radical (unpaired) electrons. The lowest BCUT2D eigenvalue weighted by Crippen LogP contribution is -2.68. The molecule has 0 unspecified atom stereocenters. The molecule has 0 fully saturated rings. The van der Waals surface area contributed by atoms with Crippen LogP contribution in [-0.2, 0) is 6.42 Å². The molecule has 9 heteroatoms. The summed E-state index contributed by atoms with van der Waals surface area (Å²) in [6.07, 6.45) is 4.49. The molecule has 0 spiro atoms. The van der Waals surface area contributed by atoms with Gasteiger partial charge in [0.25, 0.3) is 11.5 Å². The number of carbonyl (C=O) groups excluding carboxylic acids is 2. The second kappa shape index (κ2) is 11.1. The number of halogens is 1. The first-order valence-electron chi connectivity index (χ1n) is 11.3. The Morgan fingerprint density at radius 1 is 0.861 bits per heavy atom. The Morgan fingerprint density at radius 2 is 1.42 bits per heavy atom. The number of rotatable bonds is 5. The van der Waals surface area contributed by atoms with Gasteiger partial charge in [-0.15, -0.1) is 10.2 Å². The first-order chi connectivity index (χ1) is 16.9. The van der Waals surface area contributed by atoms with Crippen molar-refractivity contribution in [3.05, 3.63) is 101 Å². The van der Waals surface area contributed by atoms with E-state index in [9.17, 15) is 9.59 Å². The fourth-order valence-electron chi connectivity index (χ4n) is 4.05. The number of para-hydroxylation sites is 1. The maximum Gasteiger partial charge on any atom is 0.286 e. The fraction of sp³-hybridized carbons (Fsp3) is 0.222. The van der Waals surface area contributed by atoms with Crippen LogP contribution in [0.15, 0.2) is 72.7 Å². The molecule has 0 saturated carbocycles. The first kappa shape index (κ1) is 27.2. The lowest BCUT2D eigenvalue weighted by Gasteiger charge is -2.22. The largest absolute Gasteiger partial charge is 0.346 e. The maximum atomic E-state index is 13.6. The minimum Gasteiger partial charge on any atom is -0.346 e. The molecule has 0 saturated heterocycles. The van der Waals surface area contributed by atoms with Gasteiger partial charge in [0.1, 0.15) is 0 Å². The van der Waals surface area contributed by atoms with Gasteiger partial charge < -0.3 is 5.32 Å². The van der Waals surface area contributed by atoms with Crippen LogP contribution < -0.4 is 28.5 Å². The van der Waals surface area contributed by atoms with E-state index in [1.54, 1.807) is 28.8 Å². The highest BCUT2D eigenvalue weighted by atomic mass is 35.7. The number of aromatic nitrogens is 1. The Bertz CT molecular complexity index is 1300. The predicted octanol–water partition coefficient (Wildman–Crippen LogP) is 0.572. The zero-order chi connectivity index (χ0) is 26.6. The molecular formula is C27H27ClN2O6. The number of hydrogen-bond acceptors (Lipinski definition) is 7. The summed E-state index contributed by atoms with van der Waals surface area (Å²) in [7, 11) is -4.94. The summed E-state index contributed by atoms with van der Waals surface area (Å²) >= 11 is 0. The summed E-state index contributed by atoms with van der Waals surface area (Å²) in [5.74, 6) is -0.0581. The Hall–Kier alpha value is -3.40. The van der Waals surface area contributed by atoms with Crippen LogP contribution in [0, 0.1) is 17.2 Å². The van der Waals surface area contributed by atoms with E-state index in [-0.39, 0.29) is 17.5 Å². The highest BCUT2D eigenvalue weighted by Gasteiger charge is 2.39. The Balaban J connectivity index is 0.000000658. The van der Waals surface area contributed by atoms with E-state index in [0.717, 1.165) is 28.8 Å². The van der Waals surface area contributed by atoms with E-state index >= 15 is 0 Å². The highest BCUT2D eigenvalue weighted by molar-refractivity contribution is 6.36. The van der Waals surface area contributed by atoms with Crippen LogP contribution in [0.2, 0.25) is 0 Å². The molecule has 1 heterocycles. The maximum absolute atomic E-state index is 13.6. The number of anilines is 1. The van der Waals surface area contributed by atoms with E-state index in [2.05, 4.69) is 38.2 Å². The monoisotopic (exact) mass is 510 g/mol. The molecule has 3 aromatic rings. The average molecular weight is 511 g/mol. The number of Topliss-reactive ketones (excluding diaryl/α,β-unsaturated/α-hetero) is 2. The number of hydrogen-bond donors (Lipinski definition) is 1. The molecular weight excluding hydrogens is 484 g/mol. The lowest BCUT2D eigenvalue weighted by molar-refractivity contribution is -2.00. The van der Waals surface area contributed by atoms with E-state index in [1.807, 2.05) is 37.5 Å². The Labute approximate surface area is 211 Å². The molecule has 8 nitrogen and oxygen atoms in total. The van der Waals surface area contributed by atoms with Crippen LogP contribution in [0.5, 0.6) is 0 Å². The molecule has 0 amide bonds. The third-order valence-electron chi connectivity index (χ3n) is 5.79. The van der Waals surface area contributed by atoms with Gasteiger partial charge in [0.15, 0.2) is 18.1 Å². The summed E-state index contributed by atoms with van der Waals surface area (Å²) in [5, 5.41) is 3.42. The van der Waals surface area contributed by atoms with Gasteiger partial charge in [-0.25, -0.2) is 18.6 Å². The number of fused-ring (bicyclic) bond motifs is 1. The van der Waals surface area contributed by atoms with Crippen molar-refractivity contribution in [3.8, 4) is 0 Å². The first-order valence-corrected chi connectivity index (χ1v) is 12.6. The molecule has 2 aromatic carbocycles.